The lowest BCUT2D eigenvalue weighted by Crippen LogP contribution is -2.45. The zero-order valence-corrected chi connectivity index (χ0v) is 26.4. The highest BCUT2D eigenvalue weighted by atomic mass is 31.3. The zero-order valence-electron chi connectivity index (χ0n) is 23.8. The summed E-state index contributed by atoms with van der Waals surface area (Å²) in [6, 6.07) is 2.19. The van der Waals surface area contributed by atoms with Gasteiger partial charge in [-0.2, -0.15) is 8.88 Å². The summed E-state index contributed by atoms with van der Waals surface area (Å²) in [5, 5.41) is 21.1. The maximum absolute atomic E-state index is 12.7. The number of amides is 1. The van der Waals surface area contributed by atoms with Crippen LogP contribution >= 0.6 is 23.5 Å². The third-order valence-corrected chi connectivity index (χ3v) is 11.4. The predicted octanol–water partition coefficient (Wildman–Crippen LogP) is -1.19. The Bertz CT molecular complexity index is 1830. The number of primary amides is 1. The monoisotopic (exact) mass is 724 g/mol. The Morgan fingerprint density at radius 1 is 1.11 bits per heavy atom. The van der Waals surface area contributed by atoms with Gasteiger partial charge >= 0.3 is 23.5 Å². The van der Waals surface area contributed by atoms with Gasteiger partial charge in [0.25, 0.3) is 5.91 Å². The van der Waals surface area contributed by atoms with Crippen LogP contribution < -0.4 is 16.0 Å². The van der Waals surface area contributed by atoms with Gasteiger partial charge in [0, 0.05) is 18.4 Å². The molecule has 2 aliphatic heterocycles. The number of phosphoric ester groups is 3. The van der Waals surface area contributed by atoms with Crippen LogP contribution in [0.1, 0.15) is 29.0 Å². The maximum Gasteiger partial charge on any atom is 0.481 e. The molecule has 11 unspecified atom stereocenters. The normalized spacial score (nSPS) is 34.7. The second kappa shape index (κ2) is 12.6. The van der Waals surface area contributed by atoms with E-state index in [4.69, 9.17) is 34.3 Å². The molecule has 22 nitrogen and oxygen atoms in total. The average Bonchev–Trinajstić information content (AvgIpc) is 3.72. The van der Waals surface area contributed by atoms with E-state index in [2.05, 4.69) is 19.3 Å². The van der Waals surface area contributed by atoms with Crippen molar-refractivity contribution in [1.82, 2.24) is 19.5 Å². The number of nitrogens with two attached hydrogens (primary N) is 2. The van der Waals surface area contributed by atoms with Crippen molar-refractivity contribution < 1.29 is 75.1 Å². The smallest absolute Gasteiger partial charge is 0.390 e. The summed E-state index contributed by atoms with van der Waals surface area (Å²) < 4.78 is 70.4. The number of fused-ring (bicyclic) bond motifs is 2. The zero-order chi connectivity index (χ0) is 33.9. The fourth-order valence-electron chi connectivity index (χ4n) is 5.63. The van der Waals surface area contributed by atoms with Crippen molar-refractivity contribution >= 4 is 46.4 Å². The van der Waals surface area contributed by atoms with Crippen molar-refractivity contribution in [3.63, 3.8) is 0 Å². The minimum absolute atomic E-state index is 0.00680. The quantitative estimate of drug-likeness (QED) is 0.0903. The Balaban J connectivity index is 1.08. The van der Waals surface area contributed by atoms with Gasteiger partial charge in [-0.15, -0.1) is 0 Å². The number of aromatic nitrogens is 5. The van der Waals surface area contributed by atoms with E-state index in [1.807, 2.05) is 0 Å². The van der Waals surface area contributed by atoms with Gasteiger partial charge in [0.05, 0.1) is 25.6 Å². The van der Waals surface area contributed by atoms with Gasteiger partial charge in [-0.3, -0.25) is 27.5 Å². The van der Waals surface area contributed by atoms with Crippen LogP contribution in [0.2, 0.25) is 0 Å². The molecule has 256 valence electrons. The summed E-state index contributed by atoms with van der Waals surface area (Å²) >= 11 is 0. The van der Waals surface area contributed by atoms with E-state index in [0.717, 1.165) is 6.33 Å². The van der Waals surface area contributed by atoms with Gasteiger partial charge in [0.2, 0.25) is 0 Å². The first-order chi connectivity index (χ1) is 22.0. The summed E-state index contributed by atoms with van der Waals surface area (Å²) in [4.78, 5) is 53.8. The first-order valence-corrected chi connectivity index (χ1v) is 18.1. The second-order valence-corrected chi connectivity index (χ2v) is 15.2. The number of pyridine rings is 1. The molecule has 2 saturated heterocycles. The van der Waals surface area contributed by atoms with Gasteiger partial charge in [0.1, 0.15) is 41.8 Å². The van der Waals surface area contributed by atoms with Gasteiger partial charge in [-0.1, -0.05) is 0 Å². The van der Waals surface area contributed by atoms with Crippen molar-refractivity contribution in [3.05, 3.63) is 42.7 Å². The Labute approximate surface area is 263 Å². The number of imidazole rings is 1. The number of carbonyl (C=O) groups is 1. The molecular formula is C22H29N7O15P3+. The molecule has 0 aromatic carbocycles. The number of aliphatic hydroxyl groups is 2. The first-order valence-electron chi connectivity index (χ1n) is 13.6. The molecule has 5 heterocycles. The molecule has 9 N–H and O–H groups in total. The molecule has 0 spiro atoms. The number of hydrogen-bond acceptors (Lipinski definition) is 16. The highest BCUT2D eigenvalue weighted by Crippen LogP contribution is 2.62. The van der Waals surface area contributed by atoms with E-state index < -0.39 is 91.3 Å². The number of hydrogen-bond donors (Lipinski definition) is 7. The van der Waals surface area contributed by atoms with Crippen molar-refractivity contribution in [3.8, 4) is 0 Å². The molecule has 1 amide bonds. The maximum atomic E-state index is 12.7. The molecule has 3 aromatic rings. The largest absolute Gasteiger partial charge is 0.481 e. The Hall–Kier alpha value is -2.78. The van der Waals surface area contributed by atoms with Crippen molar-refractivity contribution in [2.24, 2.45) is 11.7 Å². The van der Waals surface area contributed by atoms with Crippen LogP contribution in [0, 0.1) is 5.92 Å². The molecule has 0 radical (unpaired) electrons. The van der Waals surface area contributed by atoms with Crippen molar-refractivity contribution in [1.29, 1.82) is 0 Å². The lowest BCUT2D eigenvalue weighted by atomic mass is 10.1. The van der Waals surface area contributed by atoms with Crippen LogP contribution in [0.4, 0.5) is 5.82 Å². The molecule has 6 rings (SSSR count). The lowest BCUT2D eigenvalue weighted by molar-refractivity contribution is -0.728. The SMILES string of the molecule is NC(=O)c1ccc[n+](C2CC(COP(=O)(O)OP(=O)(O)OCC3OC(n4cnc5c(N)ncnc54)C4OP(=O)(O)OC34)C(O)C2O)c1. The standard InChI is InChI=1S/C22H28N7O15P3/c23-19-14-21(26-8-25-19)29(9-27-14)22-18-17(42-47(37,38)43-18)13(41-22)7-40-46(35,36)44-45(33,34)39-6-11-4-12(16(31)15(11)30)28-3-1-2-10(5-28)20(24)32/h1-3,5,8-9,11-13,15-18,22,30-31H,4,6-7H2,(H6-,23,24,25,26,32,33,34,35,36,37,38)/p+1. The van der Waals surface area contributed by atoms with Crippen LogP contribution in [0.5, 0.6) is 0 Å². The number of aliphatic hydroxyl groups excluding tert-OH is 2. The number of nitrogens with zero attached hydrogens (tertiary/aromatic N) is 5. The third kappa shape index (κ3) is 7.03. The van der Waals surface area contributed by atoms with E-state index in [9.17, 15) is 43.4 Å². The second-order valence-electron chi connectivity index (χ2n) is 10.8. The molecule has 0 bridgehead atoms. The molecule has 47 heavy (non-hydrogen) atoms. The number of carbonyl (C=O) groups excluding carboxylic acids is 1. The Morgan fingerprint density at radius 3 is 2.53 bits per heavy atom. The van der Waals surface area contributed by atoms with Crippen LogP contribution in [0.3, 0.4) is 0 Å². The topological polar surface area (TPSA) is 324 Å². The highest BCUT2D eigenvalue weighted by Gasteiger charge is 2.58. The molecule has 11 atom stereocenters. The summed E-state index contributed by atoms with van der Waals surface area (Å²) in [5.74, 6) is -1.62. The number of phosphoric acid groups is 3. The minimum atomic E-state index is -5.39. The van der Waals surface area contributed by atoms with E-state index in [0.29, 0.717) is 0 Å². The van der Waals surface area contributed by atoms with Gasteiger partial charge in [-0.25, -0.2) is 28.6 Å². The summed E-state index contributed by atoms with van der Waals surface area (Å²) in [7, 11) is -15.3. The first kappa shape index (κ1) is 34.1. The minimum Gasteiger partial charge on any atom is -0.390 e. The van der Waals surface area contributed by atoms with E-state index >= 15 is 0 Å². The number of ether oxygens (including phenoxy) is 1. The lowest BCUT2D eigenvalue weighted by Gasteiger charge is -2.21. The Kier molecular flexibility index (Phi) is 9.13. The number of nitrogen functional groups attached to an aromatic ring is 1. The van der Waals surface area contributed by atoms with E-state index in [1.54, 1.807) is 0 Å². The third-order valence-electron chi connectivity index (χ3n) is 7.78. The summed E-state index contributed by atoms with van der Waals surface area (Å²) in [6.07, 6.45) is -2.67. The molecule has 3 fully saturated rings. The molecule has 25 heteroatoms. The van der Waals surface area contributed by atoms with Crippen LogP contribution in [0.15, 0.2) is 37.2 Å². The fraction of sp³-hybridized carbons (Fsp3) is 0.500. The molecule has 3 aliphatic rings. The summed E-state index contributed by atoms with van der Waals surface area (Å²) in [6.45, 7) is -1.56. The molecule has 1 aliphatic carbocycles. The van der Waals surface area contributed by atoms with E-state index in [-0.39, 0.29) is 29.0 Å². The van der Waals surface area contributed by atoms with E-state index in [1.165, 1.54) is 40.0 Å². The van der Waals surface area contributed by atoms with Gasteiger partial charge in [-0.05, 0) is 6.07 Å². The van der Waals surface area contributed by atoms with Crippen LogP contribution in [0.25, 0.3) is 11.2 Å². The Morgan fingerprint density at radius 2 is 1.81 bits per heavy atom. The van der Waals surface area contributed by atoms with Crippen molar-refractivity contribution in [2.75, 3.05) is 18.9 Å². The predicted molar refractivity (Wildman–Crippen MR) is 150 cm³/mol. The van der Waals surface area contributed by atoms with Crippen LogP contribution in [-0.2, 0) is 40.8 Å². The molecule has 1 saturated carbocycles. The fourth-order valence-corrected chi connectivity index (χ4v) is 8.91. The van der Waals surface area contributed by atoms with Gasteiger partial charge < -0.3 is 41.1 Å². The number of rotatable bonds is 11. The van der Waals surface area contributed by atoms with Crippen molar-refractivity contribution in [2.45, 2.75) is 49.2 Å². The molecular weight excluding hydrogens is 695 g/mol. The van der Waals surface area contributed by atoms with Gasteiger partial charge in [0.15, 0.2) is 36.1 Å². The number of anilines is 1. The summed E-state index contributed by atoms with van der Waals surface area (Å²) in [5.41, 5.74) is 11.6. The van der Waals surface area contributed by atoms with Crippen LogP contribution in [-0.4, -0.2) is 94.1 Å². The highest BCUT2D eigenvalue weighted by molar-refractivity contribution is 7.61. The molecule has 3 aromatic heterocycles. The average molecular weight is 724 g/mol.